The van der Waals surface area contributed by atoms with E-state index < -0.39 is 0 Å². The quantitative estimate of drug-likeness (QED) is 0.856. The fourth-order valence-corrected chi connectivity index (χ4v) is 4.17. The molecule has 0 radical (unpaired) electrons. The van der Waals surface area contributed by atoms with E-state index in [9.17, 15) is 0 Å². The number of hydrogen-bond acceptors (Lipinski definition) is 3. The second kappa shape index (κ2) is 7.19. The molecule has 0 bridgehead atoms. The molecule has 2 N–H and O–H groups in total. The Bertz CT molecular complexity index is 568. The average molecular weight is 300 g/mol. The van der Waals surface area contributed by atoms with E-state index >= 15 is 0 Å². The highest BCUT2D eigenvalue weighted by Crippen LogP contribution is 2.34. The Morgan fingerprint density at radius 1 is 1.10 bits per heavy atom. The molecule has 0 unspecified atom stereocenters. The summed E-state index contributed by atoms with van der Waals surface area (Å²) in [5, 5.41) is 3.55. The van der Waals surface area contributed by atoms with Gasteiger partial charge in [0, 0.05) is 23.4 Å². The van der Waals surface area contributed by atoms with Gasteiger partial charge in [0.05, 0.1) is 10.7 Å². The van der Waals surface area contributed by atoms with Gasteiger partial charge in [0.15, 0.2) is 0 Å². The molecule has 1 aromatic carbocycles. The normalized spacial score (nSPS) is 17.4. The van der Waals surface area contributed by atoms with Gasteiger partial charge in [-0.2, -0.15) is 0 Å². The van der Waals surface area contributed by atoms with Gasteiger partial charge in [0.25, 0.3) is 0 Å². The first-order chi connectivity index (χ1) is 10.4. The molecule has 1 fully saturated rings. The summed E-state index contributed by atoms with van der Waals surface area (Å²) in [6.45, 7) is 0.591. The molecule has 0 spiro atoms. The summed E-state index contributed by atoms with van der Waals surface area (Å²) in [4.78, 5) is 4.93. The van der Waals surface area contributed by atoms with Crippen LogP contribution in [0.4, 0.5) is 0 Å². The molecule has 0 amide bonds. The van der Waals surface area contributed by atoms with Crippen molar-refractivity contribution < 1.29 is 0 Å². The number of benzene rings is 1. The van der Waals surface area contributed by atoms with Gasteiger partial charge in [0.2, 0.25) is 0 Å². The summed E-state index contributed by atoms with van der Waals surface area (Å²) in [6, 6.07) is 8.45. The molecular weight excluding hydrogens is 276 g/mol. The Balaban J connectivity index is 1.78. The number of hydrogen-bond donors (Lipinski definition) is 1. The maximum Gasteiger partial charge on any atom is 0.0963 e. The molecule has 1 saturated carbocycles. The second-order valence-electron chi connectivity index (χ2n) is 6.02. The van der Waals surface area contributed by atoms with Crippen LogP contribution in [-0.2, 0) is 6.54 Å². The van der Waals surface area contributed by atoms with Gasteiger partial charge < -0.3 is 5.73 Å². The summed E-state index contributed by atoms with van der Waals surface area (Å²) in [7, 11) is 0. The van der Waals surface area contributed by atoms with Gasteiger partial charge >= 0.3 is 0 Å². The van der Waals surface area contributed by atoms with Gasteiger partial charge in [-0.05, 0) is 24.5 Å². The molecule has 0 aliphatic heterocycles. The van der Waals surface area contributed by atoms with Crippen LogP contribution in [0, 0.1) is 0 Å². The molecule has 2 nitrogen and oxygen atoms in total. The molecular formula is C18H24N2S. The molecule has 1 aliphatic rings. The predicted octanol–water partition coefficient (Wildman–Crippen LogP) is 5.10. The zero-order valence-electron chi connectivity index (χ0n) is 12.6. The van der Waals surface area contributed by atoms with Gasteiger partial charge in [-0.25, -0.2) is 4.98 Å². The first-order valence-corrected chi connectivity index (χ1v) is 8.99. The van der Waals surface area contributed by atoms with Gasteiger partial charge in [-0.1, -0.05) is 50.3 Å². The van der Waals surface area contributed by atoms with Crippen molar-refractivity contribution in [3.8, 4) is 11.3 Å². The number of nitrogens with two attached hydrogens (primary N) is 1. The molecule has 1 aliphatic carbocycles. The third kappa shape index (κ3) is 3.72. The maximum absolute atomic E-state index is 5.73. The van der Waals surface area contributed by atoms with Crippen LogP contribution in [0.3, 0.4) is 0 Å². The van der Waals surface area contributed by atoms with Crippen LogP contribution in [0.5, 0.6) is 0 Å². The molecule has 3 heteroatoms. The Morgan fingerprint density at radius 3 is 2.62 bits per heavy atom. The first kappa shape index (κ1) is 14.7. The van der Waals surface area contributed by atoms with E-state index in [4.69, 9.17) is 10.7 Å². The van der Waals surface area contributed by atoms with Gasteiger partial charge in [-0.3, -0.25) is 0 Å². The van der Waals surface area contributed by atoms with Gasteiger partial charge in [-0.15, -0.1) is 11.3 Å². The van der Waals surface area contributed by atoms with E-state index in [1.807, 2.05) is 11.3 Å². The van der Waals surface area contributed by atoms with Gasteiger partial charge in [0.1, 0.15) is 0 Å². The van der Waals surface area contributed by atoms with E-state index in [0.29, 0.717) is 12.5 Å². The molecule has 21 heavy (non-hydrogen) atoms. The first-order valence-electron chi connectivity index (χ1n) is 8.11. The van der Waals surface area contributed by atoms with E-state index in [1.54, 1.807) is 0 Å². The molecule has 0 saturated heterocycles. The lowest BCUT2D eigenvalue weighted by Crippen LogP contribution is -2.02. The second-order valence-corrected chi connectivity index (χ2v) is 6.91. The highest BCUT2D eigenvalue weighted by molar-refractivity contribution is 7.10. The zero-order chi connectivity index (χ0) is 14.5. The van der Waals surface area contributed by atoms with Crippen LogP contribution in [0.25, 0.3) is 11.3 Å². The number of aromatic nitrogens is 1. The van der Waals surface area contributed by atoms with Crippen molar-refractivity contribution in [1.29, 1.82) is 0 Å². The van der Waals surface area contributed by atoms with Crippen LogP contribution in [0.15, 0.2) is 29.6 Å². The molecule has 2 aromatic rings. The van der Waals surface area contributed by atoms with Crippen LogP contribution < -0.4 is 5.73 Å². The van der Waals surface area contributed by atoms with E-state index in [1.165, 1.54) is 61.1 Å². The fourth-order valence-electron chi connectivity index (χ4n) is 3.17. The summed E-state index contributed by atoms with van der Waals surface area (Å²) in [5.74, 6) is 0.682. The van der Waals surface area contributed by atoms with Crippen molar-refractivity contribution in [2.24, 2.45) is 5.73 Å². The topological polar surface area (TPSA) is 38.9 Å². The standard InChI is InChI=1S/C18H24N2S/c19-12-14-7-6-10-16(11-14)17-13-21-18(20-17)15-8-4-2-1-3-5-9-15/h6-7,10-11,13,15H,1-5,8-9,12,19H2. The molecule has 112 valence electrons. The van der Waals surface area contributed by atoms with Crippen molar-refractivity contribution in [2.45, 2.75) is 57.4 Å². The smallest absolute Gasteiger partial charge is 0.0963 e. The zero-order valence-corrected chi connectivity index (χ0v) is 13.4. The minimum atomic E-state index is 0.591. The SMILES string of the molecule is NCc1cccc(-c2csc(C3CCCCCCC3)n2)c1. The average Bonchev–Trinajstić information content (AvgIpc) is 2.97. The minimum Gasteiger partial charge on any atom is -0.326 e. The molecule has 0 atom stereocenters. The van der Waals surface area contributed by atoms with E-state index in [2.05, 4.69) is 29.6 Å². The fraction of sp³-hybridized carbons (Fsp3) is 0.500. The van der Waals surface area contributed by atoms with Crippen molar-refractivity contribution in [3.05, 3.63) is 40.2 Å². The number of rotatable bonds is 3. The predicted molar refractivity (Wildman–Crippen MR) is 90.5 cm³/mol. The summed E-state index contributed by atoms with van der Waals surface area (Å²) >= 11 is 1.84. The molecule has 3 rings (SSSR count). The maximum atomic E-state index is 5.73. The van der Waals surface area contributed by atoms with E-state index in [-0.39, 0.29) is 0 Å². The summed E-state index contributed by atoms with van der Waals surface area (Å²) in [6.07, 6.45) is 9.57. The van der Waals surface area contributed by atoms with Crippen molar-refractivity contribution in [1.82, 2.24) is 4.98 Å². The van der Waals surface area contributed by atoms with Crippen molar-refractivity contribution >= 4 is 11.3 Å². The van der Waals surface area contributed by atoms with Crippen LogP contribution >= 0.6 is 11.3 Å². The van der Waals surface area contributed by atoms with Crippen LogP contribution in [0.1, 0.15) is 61.4 Å². The van der Waals surface area contributed by atoms with Crippen molar-refractivity contribution in [3.63, 3.8) is 0 Å². The molecule has 1 aromatic heterocycles. The lowest BCUT2D eigenvalue weighted by molar-refractivity contribution is 0.454. The lowest BCUT2D eigenvalue weighted by atomic mass is 9.92. The number of thiazole rings is 1. The molecule has 1 heterocycles. The Kier molecular flexibility index (Phi) is 5.04. The minimum absolute atomic E-state index is 0.591. The highest BCUT2D eigenvalue weighted by atomic mass is 32.1. The van der Waals surface area contributed by atoms with Crippen LogP contribution in [-0.4, -0.2) is 4.98 Å². The summed E-state index contributed by atoms with van der Waals surface area (Å²) in [5.41, 5.74) is 9.23. The monoisotopic (exact) mass is 300 g/mol. The summed E-state index contributed by atoms with van der Waals surface area (Å²) < 4.78 is 0. The third-order valence-corrected chi connectivity index (χ3v) is 5.44. The Morgan fingerprint density at radius 2 is 1.86 bits per heavy atom. The Labute approximate surface area is 131 Å². The lowest BCUT2D eigenvalue weighted by Gasteiger charge is -2.17. The Hall–Kier alpha value is -1.19. The van der Waals surface area contributed by atoms with Crippen molar-refractivity contribution in [2.75, 3.05) is 0 Å². The highest BCUT2D eigenvalue weighted by Gasteiger charge is 2.17. The van der Waals surface area contributed by atoms with Crippen LogP contribution in [0.2, 0.25) is 0 Å². The number of nitrogens with zero attached hydrogens (tertiary/aromatic N) is 1. The third-order valence-electron chi connectivity index (χ3n) is 4.43. The largest absolute Gasteiger partial charge is 0.326 e. The van der Waals surface area contributed by atoms with E-state index in [0.717, 1.165) is 5.69 Å².